The Bertz CT molecular complexity index is 1010. The zero-order valence-electron chi connectivity index (χ0n) is 22.3. The first kappa shape index (κ1) is 28.1. The molecule has 0 aliphatic rings. The van der Waals surface area contributed by atoms with Crippen molar-refractivity contribution in [1.29, 1.82) is 0 Å². The number of hydrogen-bond acceptors (Lipinski definition) is 4. The predicted octanol–water partition coefficient (Wildman–Crippen LogP) is 10.0. The molecule has 0 saturated carbocycles. The highest BCUT2D eigenvalue weighted by Crippen LogP contribution is 2.33. The summed E-state index contributed by atoms with van der Waals surface area (Å²) in [5, 5.41) is 1.03. The lowest BCUT2D eigenvalue weighted by atomic mass is 10.0. The van der Waals surface area contributed by atoms with Crippen molar-refractivity contribution in [3.8, 4) is 26.8 Å². The van der Waals surface area contributed by atoms with Crippen LogP contribution in [0.25, 0.3) is 21.0 Å². The van der Waals surface area contributed by atoms with E-state index in [1.165, 1.54) is 69.8 Å². The van der Waals surface area contributed by atoms with Gasteiger partial charge in [0.25, 0.3) is 0 Å². The Morgan fingerprint density at radius 3 is 1.97 bits per heavy atom. The molecule has 0 atom stereocenters. The van der Waals surface area contributed by atoms with Gasteiger partial charge in [0.2, 0.25) is 0 Å². The van der Waals surface area contributed by atoms with E-state index < -0.39 is 0 Å². The first-order chi connectivity index (χ1) is 17.7. The van der Waals surface area contributed by atoms with Gasteiger partial charge in [0.1, 0.15) is 10.8 Å². The highest BCUT2D eigenvalue weighted by molar-refractivity contribution is 7.18. The second kappa shape index (κ2) is 16.3. The van der Waals surface area contributed by atoms with Crippen molar-refractivity contribution in [2.75, 3.05) is 0 Å². The van der Waals surface area contributed by atoms with E-state index >= 15 is 0 Å². The predicted molar refractivity (Wildman–Crippen MR) is 154 cm³/mol. The van der Waals surface area contributed by atoms with Crippen LogP contribution in [-0.4, -0.2) is 11.0 Å². The summed E-state index contributed by atoms with van der Waals surface area (Å²) < 4.78 is 5.54. The number of thiazole rings is 1. The molecule has 3 rings (SSSR count). The van der Waals surface area contributed by atoms with Crippen molar-refractivity contribution in [3.05, 3.63) is 60.3 Å². The lowest BCUT2D eigenvalue weighted by Gasteiger charge is -2.05. The quantitative estimate of drug-likeness (QED) is 0.104. The van der Waals surface area contributed by atoms with E-state index in [1.54, 1.807) is 11.3 Å². The number of carbonyl (C=O) groups excluding carboxylic acids is 1. The average Bonchev–Trinajstić information content (AvgIpc) is 3.39. The second-order valence-corrected chi connectivity index (χ2v) is 10.8. The van der Waals surface area contributed by atoms with E-state index in [2.05, 4.69) is 43.1 Å². The van der Waals surface area contributed by atoms with Crippen LogP contribution in [0.2, 0.25) is 0 Å². The molecule has 0 saturated heterocycles. The molecular formula is C32H43NO2S. The van der Waals surface area contributed by atoms with E-state index in [0.29, 0.717) is 12.2 Å². The average molecular weight is 506 g/mol. The van der Waals surface area contributed by atoms with E-state index in [4.69, 9.17) is 4.74 Å². The lowest BCUT2D eigenvalue weighted by Crippen LogP contribution is -2.07. The number of carbonyl (C=O) groups is 1. The number of nitrogens with zero attached hydrogens (tertiary/aromatic N) is 1. The Labute approximate surface area is 222 Å². The molecule has 0 amide bonds. The number of aryl methyl sites for hydroxylation is 1. The minimum atomic E-state index is -0.136. The monoisotopic (exact) mass is 505 g/mol. The van der Waals surface area contributed by atoms with Gasteiger partial charge in [-0.25, -0.2) is 4.98 Å². The fourth-order valence-electron chi connectivity index (χ4n) is 4.38. The van der Waals surface area contributed by atoms with Gasteiger partial charge < -0.3 is 4.74 Å². The number of aromatic nitrogens is 1. The van der Waals surface area contributed by atoms with Gasteiger partial charge in [-0.2, -0.15) is 0 Å². The molecule has 0 unspecified atom stereocenters. The van der Waals surface area contributed by atoms with Gasteiger partial charge in [0.15, 0.2) is 0 Å². The Hall–Kier alpha value is -2.46. The molecule has 0 N–H and O–H groups in total. The zero-order chi connectivity index (χ0) is 25.4. The SMILES string of the molecule is CCCCCCCCCCC(=O)Oc1ccc(-c2cnc(-c3ccc(CCCCCC)cc3)s2)cc1. The summed E-state index contributed by atoms with van der Waals surface area (Å²) in [5.74, 6) is 0.477. The molecule has 0 aliphatic carbocycles. The fraction of sp³-hybridized carbons (Fsp3) is 0.500. The third-order valence-electron chi connectivity index (χ3n) is 6.63. The van der Waals surface area contributed by atoms with Crippen LogP contribution in [-0.2, 0) is 11.2 Å². The van der Waals surface area contributed by atoms with Gasteiger partial charge in [-0.05, 0) is 54.7 Å². The molecule has 1 heterocycles. The molecule has 4 heteroatoms. The Morgan fingerprint density at radius 1 is 0.722 bits per heavy atom. The maximum atomic E-state index is 12.2. The van der Waals surface area contributed by atoms with Crippen LogP contribution in [0.4, 0.5) is 0 Å². The van der Waals surface area contributed by atoms with Gasteiger partial charge in [-0.1, -0.05) is 102 Å². The smallest absolute Gasteiger partial charge is 0.311 e. The first-order valence-corrected chi connectivity index (χ1v) is 14.9. The lowest BCUT2D eigenvalue weighted by molar-refractivity contribution is -0.134. The summed E-state index contributed by atoms with van der Waals surface area (Å²) >= 11 is 1.69. The van der Waals surface area contributed by atoms with Gasteiger partial charge in [0.05, 0.1) is 4.88 Å². The number of esters is 1. The minimum Gasteiger partial charge on any atom is -0.427 e. The summed E-state index contributed by atoms with van der Waals surface area (Å²) in [4.78, 5) is 18.0. The number of ether oxygens (including phenoxy) is 1. The number of unbranched alkanes of at least 4 members (excludes halogenated alkanes) is 10. The molecule has 36 heavy (non-hydrogen) atoms. The topological polar surface area (TPSA) is 39.2 Å². The summed E-state index contributed by atoms with van der Waals surface area (Å²) in [6, 6.07) is 16.6. The molecular weight excluding hydrogens is 462 g/mol. The van der Waals surface area contributed by atoms with Crippen LogP contribution >= 0.6 is 11.3 Å². The Morgan fingerprint density at radius 2 is 1.31 bits per heavy atom. The van der Waals surface area contributed by atoms with Gasteiger partial charge in [-0.3, -0.25) is 4.79 Å². The molecule has 0 radical (unpaired) electrons. The van der Waals surface area contributed by atoms with Crippen LogP contribution in [0.3, 0.4) is 0 Å². The van der Waals surface area contributed by atoms with E-state index in [9.17, 15) is 4.79 Å². The van der Waals surface area contributed by atoms with Crippen LogP contribution in [0.1, 0.15) is 103 Å². The van der Waals surface area contributed by atoms with Crippen molar-refractivity contribution in [2.24, 2.45) is 0 Å². The summed E-state index contributed by atoms with van der Waals surface area (Å²) in [7, 11) is 0. The van der Waals surface area contributed by atoms with Crippen molar-refractivity contribution >= 4 is 17.3 Å². The molecule has 0 spiro atoms. The molecule has 3 aromatic rings. The van der Waals surface area contributed by atoms with E-state index in [0.717, 1.165) is 40.3 Å². The maximum absolute atomic E-state index is 12.2. The third kappa shape index (κ3) is 9.89. The molecule has 194 valence electrons. The summed E-state index contributed by atoms with van der Waals surface area (Å²) in [5.41, 5.74) is 3.66. The van der Waals surface area contributed by atoms with Crippen LogP contribution in [0.15, 0.2) is 54.7 Å². The molecule has 0 aliphatic heterocycles. The maximum Gasteiger partial charge on any atom is 0.311 e. The van der Waals surface area contributed by atoms with E-state index in [-0.39, 0.29) is 5.97 Å². The number of rotatable bonds is 17. The zero-order valence-corrected chi connectivity index (χ0v) is 23.1. The van der Waals surface area contributed by atoms with Crippen LogP contribution in [0, 0.1) is 0 Å². The molecule has 3 nitrogen and oxygen atoms in total. The number of hydrogen-bond donors (Lipinski definition) is 0. The Kier molecular flexibility index (Phi) is 12.7. The van der Waals surface area contributed by atoms with Gasteiger partial charge >= 0.3 is 5.97 Å². The highest BCUT2D eigenvalue weighted by atomic mass is 32.1. The molecule has 2 aromatic carbocycles. The standard InChI is InChI=1S/C32H43NO2S/c1-3-5-7-9-10-11-12-14-16-31(34)35-29-23-21-27(22-24-29)30-25-33-32(36-30)28-19-17-26(18-20-28)15-13-8-6-4-2/h17-25H,3-16H2,1-2H3. The van der Waals surface area contributed by atoms with Crippen LogP contribution in [0.5, 0.6) is 5.75 Å². The minimum absolute atomic E-state index is 0.136. The Balaban J connectivity index is 1.42. The van der Waals surface area contributed by atoms with Crippen molar-refractivity contribution < 1.29 is 9.53 Å². The number of benzene rings is 2. The largest absolute Gasteiger partial charge is 0.427 e. The van der Waals surface area contributed by atoms with Gasteiger partial charge in [-0.15, -0.1) is 11.3 Å². The van der Waals surface area contributed by atoms with Crippen molar-refractivity contribution in [2.45, 2.75) is 104 Å². The van der Waals surface area contributed by atoms with Crippen LogP contribution < -0.4 is 4.74 Å². The molecule has 0 bridgehead atoms. The highest BCUT2D eigenvalue weighted by Gasteiger charge is 2.09. The van der Waals surface area contributed by atoms with E-state index in [1.807, 2.05) is 30.5 Å². The fourth-order valence-corrected chi connectivity index (χ4v) is 5.31. The third-order valence-corrected chi connectivity index (χ3v) is 7.73. The van der Waals surface area contributed by atoms with Crippen molar-refractivity contribution in [1.82, 2.24) is 4.98 Å². The first-order valence-electron chi connectivity index (χ1n) is 14.1. The second-order valence-electron chi connectivity index (χ2n) is 9.76. The summed E-state index contributed by atoms with van der Waals surface area (Å²) in [6.07, 6.45) is 18.5. The van der Waals surface area contributed by atoms with Gasteiger partial charge in [0, 0.05) is 18.2 Å². The summed E-state index contributed by atoms with van der Waals surface area (Å²) in [6.45, 7) is 4.49. The molecule has 1 aromatic heterocycles. The molecule has 0 fully saturated rings. The van der Waals surface area contributed by atoms with Crippen molar-refractivity contribution in [3.63, 3.8) is 0 Å². The normalized spacial score (nSPS) is 11.1.